The first-order chi connectivity index (χ1) is 8.61. The van der Waals surface area contributed by atoms with Crippen LogP contribution >= 0.6 is 11.3 Å². The van der Waals surface area contributed by atoms with Gasteiger partial charge in [0.1, 0.15) is 0 Å². The number of aromatic nitrogens is 1. The largest absolute Gasteiger partial charge is 0.461 e. The van der Waals surface area contributed by atoms with Crippen molar-refractivity contribution >= 4 is 22.4 Å². The standard InChI is InChI=1S/C13H20N2O2S/c1-4-17-12(16)11-8-18-13(14-11)15(7-9(2)3)10-5-6-10/h8-10H,4-7H2,1-3H3. The van der Waals surface area contributed by atoms with Crippen molar-refractivity contribution in [3.63, 3.8) is 0 Å². The zero-order chi connectivity index (χ0) is 13.1. The molecule has 5 heteroatoms. The molecule has 1 aliphatic carbocycles. The first-order valence-corrected chi connectivity index (χ1v) is 7.39. The molecule has 1 aromatic heterocycles. The van der Waals surface area contributed by atoms with Gasteiger partial charge < -0.3 is 9.64 Å². The molecule has 4 nitrogen and oxygen atoms in total. The molecule has 100 valence electrons. The minimum atomic E-state index is -0.319. The summed E-state index contributed by atoms with van der Waals surface area (Å²) >= 11 is 1.54. The zero-order valence-electron chi connectivity index (χ0n) is 11.2. The minimum absolute atomic E-state index is 0.319. The highest BCUT2D eigenvalue weighted by Gasteiger charge is 2.31. The van der Waals surface area contributed by atoms with E-state index < -0.39 is 0 Å². The summed E-state index contributed by atoms with van der Waals surface area (Å²) in [6.45, 7) is 7.61. The molecule has 0 spiro atoms. The molecule has 18 heavy (non-hydrogen) atoms. The highest BCUT2D eigenvalue weighted by atomic mass is 32.1. The van der Waals surface area contributed by atoms with E-state index in [1.807, 2.05) is 0 Å². The average molecular weight is 268 g/mol. The summed E-state index contributed by atoms with van der Waals surface area (Å²) in [6.07, 6.45) is 2.47. The van der Waals surface area contributed by atoms with Crippen LogP contribution in [0.4, 0.5) is 5.13 Å². The van der Waals surface area contributed by atoms with Crippen molar-refractivity contribution in [3.8, 4) is 0 Å². The summed E-state index contributed by atoms with van der Waals surface area (Å²) in [6, 6.07) is 0.619. The fourth-order valence-electron chi connectivity index (χ4n) is 1.86. The molecular weight excluding hydrogens is 248 g/mol. The van der Waals surface area contributed by atoms with E-state index in [4.69, 9.17) is 4.74 Å². The maximum Gasteiger partial charge on any atom is 0.357 e. The number of hydrogen-bond donors (Lipinski definition) is 0. The molecule has 1 fully saturated rings. The van der Waals surface area contributed by atoms with Crippen LogP contribution in [0.25, 0.3) is 0 Å². The topological polar surface area (TPSA) is 42.4 Å². The van der Waals surface area contributed by atoms with Gasteiger partial charge in [-0.3, -0.25) is 0 Å². The lowest BCUT2D eigenvalue weighted by Gasteiger charge is -2.23. The van der Waals surface area contributed by atoms with Gasteiger partial charge in [-0.25, -0.2) is 9.78 Å². The Kier molecular flexibility index (Phi) is 4.22. The average Bonchev–Trinajstić information content (AvgIpc) is 3.03. The van der Waals surface area contributed by atoms with E-state index in [0.717, 1.165) is 11.7 Å². The SMILES string of the molecule is CCOC(=O)c1csc(N(CC(C)C)C2CC2)n1. The predicted molar refractivity (Wildman–Crippen MR) is 73.3 cm³/mol. The lowest BCUT2D eigenvalue weighted by Crippen LogP contribution is -2.29. The summed E-state index contributed by atoms with van der Waals surface area (Å²) in [5, 5.41) is 2.75. The Hall–Kier alpha value is -1.10. The summed E-state index contributed by atoms with van der Waals surface area (Å²) in [5.74, 6) is 0.279. The van der Waals surface area contributed by atoms with E-state index in [1.165, 1.54) is 24.2 Å². The highest BCUT2D eigenvalue weighted by molar-refractivity contribution is 7.13. The molecule has 2 rings (SSSR count). The summed E-state index contributed by atoms with van der Waals surface area (Å²) in [7, 11) is 0. The second-order valence-electron chi connectivity index (χ2n) is 5.01. The Morgan fingerprint density at radius 1 is 1.61 bits per heavy atom. The third-order valence-electron chi connectivity index (χ3n) is 2.77. The van der Waals surface area contributed by atoms with Gasteiger partial charge in [0.15, 0.2) is 10.8 Å². The minimum Gasteiger partial charge on any atom is -0.461 e. The monoisotopic (exact) mass is 268 g/mol. The van der Waals surface area contributed by atoms with Crippen LogP contribution in [0.5, 0.6) is 0 Å². The molecule has 0 saturated heterocycles. The fraction of sp³-hybridized carbons (Fsp3) is 0.692. The molecule has 1 aliphatic rings. The maximum atomic E-state index is 11.6. The number of hydrogen-bond acceptors (Lipinski definition) is 5. The molecule has 0 N–H and O–H groups in total. The number of anilines is 1. The van der Waals surface area contributed by atoms with E-state index in [2.05, 4.69) is 23.7 Å². The number of carbonyl (C=O) groups excluding carboxylic acids is 1. The number of esters is 1. The van der Waals surface area contributed by atoms with Crippen molar-refractivity contribution in [2.24, 2.45) is 5.92 Å². The lowest BCUT2D eigenvalue weighted by molar-refractivity contribution is 0.0520. The molecular formula is C13H20N2O2S. The van der Waals surface area contributed by atoms with Crippen LogP contribution in [-0.4, -0.2) is 30.1 Å². The van der Waals surface area contributed by atoms with Gasteiger partial charge >= 0.3 is 5.97 Å². The molecule has 1 saturated carbocycles. The second-order valence-corrected chi connectivity index (χ2v) is 5.85. The molecule has 0 amide bonds. The number of ether oxygens (including phenoxy) is 1. The van der Waals surface area contributed by atoms with Crippen molar-refractivity contribution < 1.29 is 9.53 Å². The summed E-state index contributed by atoms with van der Waals surface area (Å²) < 4.78 is 4.96. The van der Waals surface area contributed by atoms with E-state index in [-0.39, 0.29) is 5.97 Å². The van der Waals surface area contributed by atoms with Crippen molar-refractivity contribution in [3.05, 3.63) is 11.1 Å². The first kappa shape index (κ1) is 13.3. The van der Waals surface area contributed by atoms with Crippen LogP contribution in [-0.2, 0) is 4.74 Å². The Balaban J connectivity index is 2.08. The van der Waals surface area contributed by atoms with Gasteiger partial charge in [0.05, 0.1) is 6.61 Å². The molecule has 0 bridgehead atoms. The smallest absolute Gasteiger partial charge is 0.357 e. The van der Waals surface area contributed by atoms with Gasteiger partial charge in [0, 0.05) is 18.0 Å². The number of rotatable bonds is 6. The molecule has 0 unspecified atom stereocenters. The molecule has 1 heterocycles. The molecule has 0 aromatic carbocycles. The van der Waals surface area contributed by atoms with Crippen molar-refractivity contribution in [2.45, 2.75) is 39.7 Å². The quantitative estimate of drug-likeness (QED) is 0.744. The van der Waals surface area contributed by atoms with Crippen LogP contribution < -0.4 is 4.90 Å². The van der Waals surface area contributed by atoms with Crippen molar-refractivity contribution in [1.29, 1.82) is 0 Å². The molecule has 0 radical (unpaired) electrons. The van der Waals surface area contributed by atoms with Gasteiger partial charge in [0.25, 0.3) is 0 Å². The Labute approximate surface area is 112 Å². The van der Waals surface area contributed by atoms with Gasteiger partial charge in [-0.05, 0) is 25.7 Å². The van der Waals surface area contributed by atoms with Gasteiger partial charge in [-0.15, -0.1) is 11.3 Å². The fourth-order valence-corrected chi connectivity index (χ4v) is 2.73. The third kappa shape index (κ3) is 3.22. The van der Waals surface area contributed by atoms with Crippen molar-refractivity contribution in [1.82, 2.24) is 4.98 Å². The molecule has 0 aliphatic heterocycles. The number of carbonyl (C=O) groups is 1. The summed E-state index contributed by atoms with van der Waals surface area (Å²) in [4.78, 5) is 18.3. The van der Waals surface area contributed by atoms with Crippen LogP contribution in [0.3, 0.4) is 0 Å². The van der Waals surface area contributed by atoms with Crippen LogP contribution in [0.15, 0.2) is 5.38 Å². The lowest BCUT2D eigenvalue weighted by atomic mass is 10.2. The van der Waals surface area contributed by atoms with E-state index in [0.29, 0.717) is 24.3 Å². The Bertz CT molecular complexity index is 413. The second kappa shape index (κ2) is 5.69. The normalized spacial score (nSPS) is 14.9. The van der Waals surface area contributed by atoms with E-state index in [1.54, 1.807) is 12.3 Å². The number of nitrogens with zero attached hydrogens (tertiary/aromatic N) is 2. The van der Waals surface area contributed by atoms with Crippen molar-refractivity contribution in [2.75, 3.05) is 18.1 Å². The van der Waals surface area contributed by atoms with Gasteiger partial charge in [-0.2, -0.15) is 0 Å². The van der Waals surface area contributed by atoms with Crippen LogP contribution in [0.1, 0.15) is 44.1 Å². The highest BCUT2D eigenvalue weighted by Crippen LogP contribution is 2.34. The number of thiazole rings is 1. The Morgan fingerprint density at radius 2 is 2.33 bits per heavy atom. The third-order valence-corrected chi connectivity index (χ3v) is 3.65. The van der Waals surface area contributed by atoms with Crippen LogP contribution in [0, 0.1) is 5.92 Å². The molecule has 1 aromatic rings. The summed E-state index contributed by atoms with van der Waals surface area (Å²) in [5.41, 5.74) is 0.436. The van der Waals surface area contributed by atoms with Gasteiger partial charge in [-0.1, -0.05) is 13.8 Å². The zero-order valence-corrected chi connectivity index (χ0v) is 12.0. The maximum absolute atomic E-state index is 11.6. The van der Waals surface area contributed by atoms with Gasteiger partial charge in [0.2, 0.25) is 0 Å². The van der Waals surface area contributed by atoms with Crippen LogP contribution in [0.2, 0.25) is 0 Å². The first-order valence-electron chi connectivity index (χ1n) is 6.51. The predicted octanol–water partition coefficient (Wildman–Crippen LogP) is 2.94. The molecule has 0 atom stereocenters. The van der Waals surface area contributed by atoms with E-state index >= 15 is 0 Å². The Morgan fingerprint density at radius 3 is 2.89 bits per heavy atom. The van der Waals surface area contributed by atoms with E-state index in [9.17, 15) is 4.79 Å².